The monoisotopic (exact) mass is 530 g/mol. The summed E-state index contributed by atoms with van der Waals surface area (Å²) in [5.74, 6) is -1.72. The Morgan fingerprint density at radius 2 is 1.90 bits per heavy atom. The van der Waals surface area contributed by atoms with Crippen LogP contribution in [-0.4, -0.2) is 37.0 Å². The zero-order valence-corrected chi connectivity index (χ0v) is 19.0. The molecule has 156 valence electrons. The summed E-state index contributed by atoms with van der Waals surface area (Å²) >= 11 is 6.64. The van der Waals surface area contributed by atoms with Crippen molar-refractivity contribution in [3.63, 3.8) is 0 Å². The number of hydrogen-bond acceptors (Lipinski definition) is 6. The minimum atomic E-state index is -1.07. The second kappa shape index (κ2) is 10.5. The van der Waals surface area contributed by atoms with Crippen LogP contribution in [0, 0.1) is 0 Å². The van der Waals surface area contributed by atoms with E-state index in [1.165, 1.54) is 6.07 Å². The molecule has 2 N–H and O–H groups in total. The average molecular weight is 532 g/mol. The number of carbonyl (C=O) groups is 3. The lowest BCUT2D eigenvalue weighted by atomic mass is 10.1. The summed E-state index contributed by atoms with van der Waals surface area (Å²) in [7, 11) is 0. The van der Waals surface area contributed by atoms with Crippen molar-refractivity contribution in [2.24, 2.45) is 0 Å². The van der Waals surface area contributed by atoms with E-state index in [0.29, 0.717) is 22.0 Å². The maximum atomic E-state index is 12.7. The molecule has 1 heterocycles. The Kier molecular flexibility index (Phi) is 8.39. The summed E-state index contributed by atoms with van der Waals surface area (Å²) in [6.07, 6.45) is 0.0518. The third-order valence-electron chi connectivity index (χ3n) is 3.91. The van der Waals surface area contributed by atoms with Crippen molar-refractivity contribution in [3.05, 3.63) is 43.1 Å². The SMILES string of the molecule is CCNC(=O)CC[C@@H](NC(=O)c1cc2cc(Br)cc(Br)c2oc1=O)C(=O)OCC. The second-order valence-corrected chi connectivity index (χ2v) is 7.79. The molecule has 0 spiro atoms. The highest BCUT2D eigenvalue weighted by Gasteiger charge is 2.25. The van der Waals surface area contributed by atoms with Crippen LogP contribution in [0.25, 0.3) is 11.0 Å². The molecule has 0 aliphatic carbocycles. The first kappa shape index (κ1) is 23.1. The third kappa shape index (κ3) is 6.14. The molecular weight excluding hydrogens is 512 g/mol. The molecule has 1 atom stereocenters. The van der Waals surface area contributed by atoms with E-state index in [4.69, 9.17) is 9.15 Å². The van der Waals surface area contributed by atoms with E-state index >= 15 is 0 Å². The summed E-state index contributed by atoms with van der Waals surface area (Å²) < 4.78 is 11.5. The highest BCUT2D eigenvalue weighted by atomic mass is 79.9. The van der Waals surface area contributed by atoms with E-state index in [1.807, 2.05) is 0 Å². The lowest BCUT2D eigenvalue weighted by Crippen LogP contribution is -2.43. The van der Waals surface area contributed by atoms with Gasteiger partial charge in [0.2, 0.25) is 5.91 Å². The Morgan fingerprint density at radius 1 is 1.17 bits per heavy atom. The van der Waals surface area contributed by atoms with Crippen LogP contribution in [0.3, 0.4) is 0 Å². The number of esters is 1. The Bertz CT molecular complexity index is 989. The molecule has 1 aromatic carbocycles. The Morgan fingerprint density at radius 3 is 2.55 bits per heavy atom. The van der Waals surface area contributed by atoms with E-state index in [1.54, 1.807) is 26.0 Å². The van der Waals surface area contributed by atoms with Gasteiger partial charge in [-0.2, -0.15) is 0 Å². The highest BCUT2D eigenvalue weighted by molar-refractivity contribution is 9.11. The van der Waals surface area contributed by atoms with Crippen LogP contribution in [0.1, 0.15) is 37.0 Å². The molecule has 0 saturated carbocycles. The van der Waals surface area contributed by atoms with Crippen molar-refractivity contribution in [1.29, 1.82) is 0 Å². The lowest BCUT2D eigenvalue weighted by Gasteiger charge is -2.17. The highest BCUT2D eigenvalue weighted by Crippen LogP contribution is 2.28. The molecule has 2 rings (SSSR count). The van der Waals surface area contributed by atoms with Crippen molar-refractivity contribution >= 4 is 60.6 Å². The molecule has 0 unspecified atom stereocenters. The summed E-state index contributed by atoms with van der Waals surface area (Å²) in [5.41, 5.74) is -0.799. The van der Waals surface area contributed by atoms with Gasteiger partial charge >= 0.3 is 11.6 Å². The largest absolute Gasteiger partial charge is 0.464 e. The van der Waals surface area contributed by atoms with Crippen molar-refractivity contribution < 1.29 is 23.5 Å². The molecule has 8 nitrogen and oxygen atoms in total. The van der Waals surface area contributed by atoms with Gasteiger partial charge in [0.25, 0.3) is 5.91 Å². The van der Waals surface area contributed by atoms with Gasteiger partial charge in [0.05, 0.1) is 11.1 Å². The summed E-state index contributed by atoms with van der Waals surface area (Å²) in [4.78, 5) is 48.8. The van der Waals surface area contributed by atoms with Crippen LogP contribution in [0.4, 0.5) is 0 Å². The predicted molar refractivity (Wildman–Crippen MR) is 114 cm³/mol. The van der Waals surface area contributed by atoms with E-state index < -0.39 is 23.5 Å². The number of carbonyl (C=O) groups excluding carboxylic acids is 3. The van der Waals surface area contributed by atoms with Gasteiger partial charge in [0, 0.05) is 22.8 Å². The average Bonchev–Trinajstić information content (AvgIpc) is 2.65. The fourth-order valence-corrected chi connectivity index (χ4v) is 3.94. The van der Waals surface area contributed by atoms with Gasteiger partial charge in [-0.1, -0.05) is 15.9 Å². The number of hydrogen-bond donors (Lipinski definition) is 2. The first-order valence-electron chi connectivity index (χ1n) is 8.93. The Balaban J connectivity index is 2.27. The molecule has 0 aliphatic heterocycles. The van der Waals surface area contributed by atoms with Gasteiger partial charge in [0.15, 0.2) is 5.58 Å². The molecule has 10 heteroatoms. The molecule has 2 aromatic rings. The summed E-state index contributed by atoms with van der Waals surface area (Å²) in [6, 6.07) is 3.72. The van der Waals surface area contributed by atoms with Crippen molar-refractivity contribution in [2.45, 2.75) is 32.7 Å². The van der Waals surface area contributed by atoms with Gasteiger partial charge in [-0.05, 0) is 54.4 Å². The number of ether oxygens (including phenoxy) is 1. The normalized spacial score (nSPS) is 11.7. The number of amides is 2. The first-order valence-corrected chi connectivity index (χ1v) is 10.5. The van der Waals surface area contributed by atoms with Gasteiger partial charge in [-0.25, -0.2) is 9.59 Å². The standard InChI is InChI=1S/C19H20Br2N2O6/c1-3-22-15(24)6-5-14(19(27)28-4-2)23-17(25)12-8-10-7-11(20)9-13(21)16(10)29-18(12)26/h7-9,14H,3-6H2,1-2H3,(H,22,24)(H,23,25)/t14-/m1/s1. The molecule has 29 heavy (non-hydrogen) atoms. The van der Waals surface area contributed by atoms with E-state index in [-0.39, 0.29) is 30.9 Å². The smallest absolute Gasteiger partial charge is 0.349 e. The van der Waals surface area contributed by atoms with Crippen LogP contribution in [0.2, 0.25) is 0 Å². The molecule has 0 bridgehead atoms. The molecular formula is C19H20Br2N2O6. The van der Waals surface area contributed by atoms with Gasteiger partial charge in [0.1, 0.15) is 11.6 Å². The minimum Gasteiger partial charge on any atom is -0.464 e. The number of nitrogens with one attached hydrogen (secondary N) is 2. The Hall–Kier alpha value is -2.20. The van der Waals surface area contributed by atoms with Crippen molar-refractivity contribution in [3.8, 4) is 0 Å². The summed E-state index contributed by atoms with van der Waals surface area (Å²) in [5, 5.41) is 5.61. The van der Waals surface area contributed by atoms with Crippen LogP contribution < -0.4 is 16.3 Å². The third-order valence-corrected chi connectivity index (χ3v) is 4.95. The fourth-order valence-electron chi connectivity index (χ4n) is 2.60. The predicted octanol–water partition coefficient (Wildman–Crippen LogP) is 2.90. The number of fused-ring (bicyclic) bond motifs is 1. The number of benzene rings is 1. The molecule has 0 radical (unpaired) electrons. The van der Waals surface area contributed by atoms with Gasteiger partial charge in [-0.3, -0.25) is 9.59 Å². The molecule has 2 amide bonds. The van der Waals surface area contributed by atoms with Gasteiger partial charge < -0.3 is 19.8 Å². The molecule has 0 aliphatic rings. The quantitative estimate of drug-likeness (QED) is 0.400. The number of halogens is 2. The topological polar surface area (TPSA) is 115 Å². The maximum absolute atomic E-state index is 12.7. The maximum Gasteiger partial charge on any atom is 0.349 e. The van der Waals surface area contributed by atoms with Crippen LogP contribution in [-0.2, 0) is 14.3 Å². The zero-order chi connectivity index (χ0) is 21.6. The van der Waals surface area contributed by atoms with Crippen LogP contribution in [0.15, 0.2) is 36.4 Å². The van der Waals surface area contributed by atoms with E-state index in [0.717, 1.165) is 4.47 Å². The zero-order valence-electron chi connectivity index (χ0n) is 15.8. The van der Waals surface area contributed by atoms with Crippen molar-refractivity contribution in [1.82, 2.24) is 10.6 Å². The molecule has 1 aromatic heterocycles. The minimum absolute atomic E-state index is 0.0177. The summed E-state index contributed by atoms with van der Waals surface area (Å²) in [6.45, 7) is 3.98. The Labute approximate surface area is 183 Å². The van der Waals surface area contributed by atoms with Crippen LogP contribution >= 0.6 is 31.9 Å². The fraction of sp³-hybridized carbons (Fsp3) is 0.368. The van der Waals surface area contributed by atoms with Crippen LogP contribution in [0.5, 0.6) is 0 Å². The second-order valence-electron chi connectivity index (χ2n) is 6.02. The first-order chi connectivity index (χ1) is 13.8. The van der Waals surface area contributed by atoms with E-state index in [2.05, 4.69) is 42.5 Å². The van der Waals surface area contributed by atoms with Gasteiger partial charge in [-0.15, -0.1) is 0 Å². The van der Waals surface area contributed by atoms with Crippen molar-refractivity contribution in [2.75, 3.05) is 13.2 Å². The molecule has 0 fully saturated rings. The lowest BCUT2D eigenvalue weighted by molar-refractivity contribution is -0.145. The van der Waals surface area contributed by atoms with E-state index in [9.17, 15) is 19.2 Å². The number of rotatable bonds is 8. The molecule has 0 saturated heterocycles.